The van der Waals surface area contributed by atoms with Crippen LogP contribution in [0, 0.1) is 0 Å². The standard InChI is InChI=1S/C24H26N2O2/c1-17-15-19(18-7-3-2-4-8-18)13-14-26(17)24(28)12-11-23(27)21-16-25-22-10-6-5-9-20(21)22/h2-10,16-17,19,25H,11-15H2,1H3. The molecule has 1 aliphatic rings. The quantitative estimate of drug-likeness (QED) is 0.644. The molecule has 0 bridgehead atoms. The lowest BCUT2D eigenvalue weighted by molar-refractivity contribution is -0.134. The molecule has 4 rings (SSSR count). The highest BCUT2D eigenvalue weighted by atomic mass is 16.2. The van der Waals surface area contributed by atoms with Crippen LogP contribution < -0.4 is 0 Å². The second kappa shape index (κ2) is 8.01. The molecule has 0 aliphatic carbocycles. The zero-order chi connectivity index (χ0) is 19.5. The van der Waals surface area contributed by atoms with Gasteiger partial charge in [0.1, 0.15) is 0 Å². The van der Waals surface area contributed by atoms with Crippen molar-refractivity contribution in [1.82, 2.24) is 9.88 Å². The summed E-state index contributed by atoms with van der Waals surface area (Å²) in [5.41, 5.74) is 2.99. The van der Waals surface area contributed by atoms with Gasteiger partial charge in [-0.2, -0.15) is 0 Å². The topological polar surface area (TPSA) is 53.2 Å². The molecule has 2 unspecified atom stereocenters. The summed E-state index contributed by atoms with van der Waals surface area (Å²) in [6.07, 6.45) is 4.25. The first-order chi connectivity index (χ1) is 13.6. The van der Waals surface area contributed by atoms with Gasteiger partial charge < -0.3 is 9.88 Å². The van der Waals surface area contributed by atoms with Gasteiger partial charge in [-0.15, -0.1) is 0 Å². The lowest BCUT2D eigenvalue weighted by atomic mass is 9.85. The normalized spacial score (nSPS) is 19.7. The minimum atomic E-state index is 0.0256. The number of ketones is 1. The molecule has 144 valence electrons. The van der Waals surface area contributed by atoms with Crippen LogP contribution in [0.4, 0.5) is 0 Å². The minimum Gasteiger partial charge on any atom is -0.360 e. The number of Topliss-reactive ketones (excluding diaryl/α,β-unsaturated/α-hetero) is 1. The van der Waals surface area contributed by atoms with Gasteiger partial charge in [0.2, 0.25) is 5.91 Å². The average Bonchev–Trinajstić information content (AvgIpc) is 3.16. The number of piperidine rings is 1. The number of carbonyl (C=O) groups is 2. The molecular formula is C24H26N2O2. The lowest BCUT2D eigenvalue weighted by Gasteiger charge is -2.38. The van der Waals surface area contributed by atoms with Crippen molar-refractivity contribution in [3.63, 3.8) is 0 Å². The Labute approximate surface area is 165 Å². The number of hydrogen-bond acceptors (Lipinski definition) is 2. The van der Waals surface area contributed by atoms with E-state index >= 15 is 0 Å². The molecule has 1 amide bonds. The Bertz CT molecular complexity index is 976. The van der Waals surface area contributed by atoms with Crippen LogP contribution in [0.1, 0.15) is 54.4 Å². The molecule has 0 radical (unpaired) electrons. The molecule has 1 aliphatic heterocycles. The number of fused-ring (bicyclic) bond motifs is 1. The third-order valence-corrected chi connectivity index (χ3v) is 5.92. The van der Waals surface area contributed by atoms with Crippen LogP contribution in [0.3, 0.4) is 0 Å². The monoisotopic (exact) mass is 374 g/mol. The van der Waals surface area contributed by atoms with E-state index in [1.165, 1.54) is 5.56 Å². The SMILES string of the molecule is CC1CC(c2ccccc2)CCN1C(=O)CCC(=O)c1c[nH]c2ccccc12. The highest BCUT2D eigenvalue weighted by molar-refractivity contribution is 6.08. The number of benzene rings is 2. The first-order valence-electron chi connectivity index (χ1n) is 10.1. The van der Waals surface area contributed by atoms with Crippen molar-refractivity contribution >= 4 is 22.6 Å². The molecular weight excluding hydrogens is 348 g/mol. The molecule has 2 atom stereocenters. The summed E-state index contributed by atoms with van der Waals surface area (Å²) in [5.74, 6) is 0.623. The molecule has 1 fully saturated rings. The number of aromatic amines is 1. The molecule has 0 saturated carbocycles. The number of likely N-dealkylation sites (tertiary alicyclic amines) is 1. The second-order valence-corrected chi connectivity index (χ2v) is 7.74. The summed E-state index contributed by atoms with van der Waals surface area (Å²) in [6.45, 7) is 2.88. The Morgan fingerprint density at radius 1 is 1.04 bits per heavy atom. The summed E-state index contributed by atoms with van der Waals surface area (Å²) in [4.78, 5) is 30.5. The Morgan fingerprint density at radius 2 is 1.79 bits per heavy atom. The molecule has 2 heterocycles. The van der Waals surface area contributed by atoms with E-state index in [2.05, 4.69) is 36.2 Å². The summed E-state index contributed by atoms with van der Waals surface area (Å²) in [7, 11) is 0. The van der Waals surface area contributed by atoms with E-state index in [1.54, 1.807) is 6.20 Å². The van der Waals surface area contributed by atoms with Crippen molar-refractivity contribution in [3.05, 3.63) is 71.9 Å². The highest BCUT2D eigenvalue weighted by Crippen LogP contribution is 2.32. The maximum Gasteiger partial charge on any atom is 0.223 e. The van der Waals surface area contributed by atoms with Gasteiger partial charge >= 0.3 is 0 Å². The molecule has 28 heavy (non-hydrogen) atoms. The minimum absolute atomic E-state index is 0.0256. The predicted octanol–water partition coefficient (Wildman–Crippen LogP) is 4.93. The first-order valence-corrected chi connectivity index (χ1v) is 10.1. The van der Waals surface area contributed by atoms with Gasteiger partial charge in [0, 0.05) is 48.1 Å². The van der Waals surface area contributed by atoms with Gasteiger partial charge in [-0.25, -0.2) is 0 Å². The maximum absolute atomic E-state index is 12.8. The van der Waals surface area contributed by atoms with E-state index in [0.29, 0.717) is 11.5 Å². The van der Waals surface area contributed by atoms with Gasteiger partial charge in [0.05, 0.1) is 0 Å². The van der Waals surface area contributed by atoms with Gasteiger partial charge in [-0.3, -0.25) is 9.59 Å². The largest absolute Gasteiger partial charge is 0.360 e. The molecule has 4 nitrogen and oxygen atoms in total. The molecule has 0 spiro atoms. The van der Waals surface area contributed by atoms with Crippen molar-refractivity contribution in [1.29, 1.82) is 0 Å². The summed E-state index contributed by atoms with van der Waals surface area (Å²) < 4.78 is 0. The number of amides is 1. The first kappa shape index (κ1) is 18.5. The van der Waals surface area contributed by atoms with Crippen LogP contribution in [0.25, 0.3) is 10.9 Å². The Balaban J connectivity index is 1.34. The number of hydrogen-bond donors (Lipinski definition) is 1. The number of para-hydroxylation sites is 1. The van der Waals surface area contributed by atoms with Crippen LogP contribution in [-0.4, -0.2) is 34.2 Å². The van der Waals surface area contributed by atoms with Crippen LogP contribution in [0.2, 0.25) is 0 Å². The van der Waals surface area contributed by atoms with Crippen LogP contribution in [0.15, 0.2) is 60.8 Å². The number of nitrogens with one attached hydrogen (secondary N) is 1. The van der Waals surface area contributed by atoms with Gasteiger partial charge in [0.25, 0.3) is 0 Å². The molecule has 4 heteroatoms. The Hall–Kier alpha value is -2.88. The highest BCUT2D eigenvalue weighted by Gasteiger charge is 2.29. The van der Waals surface area contributed by atoms with Crippen LogP contribution in [-0.2, 0) is 4.79 Å². The zero-order valence-corrected chi connectivity index (χ0v) is 16.2. The van der Waals surface area contributed by atoms with Crippen molar-refractivity contribution in [2.45, 2.75) is 44.6 Å². The van der Waals surface area contributed by atoms with E-state index in [9.17, 15) is 9.59 Å². The fraction of sp³-hybridized carbons (Fsp3) is 0.333. The summed E-state index contributed by atoms with van der Waals surface area (Å²) >= 11 is 0. The van der Waals surface area contributed by atoms with E-state index < -0.39 is 0 Å². The van der Waals surface area contributed by atoms with Crippen molar-refractivity contribution in [3.8, 4) is 0 Å². The van der Waals surface area contributed by atoms with Crippen molar-refractivity contribution in [2.24, 2.45) is 0 Å². The van der Waals surface area contributed by atoms with Gasteiger partial charge in [0.15, 0.2) is 5.78 Å². The Kier molecular flexibility index (Phi) is 5.29. The van der Waals surface area contributed by atoms with E-state index in [0.717, 1.165) is 30.3 Å². The zero-order valence-electron chi connectivity index (χ0n) is 16.2. The van der Waals surface area contributed by atoms with Gasteiger partial charge in [-0.1, -0.05) is 48.5 Å². The average molecular weight is 374 g/mol. The fourth-order valence-electron chi connectivity index (χ4n) is 4.37. The van der Waals surface area contributed by atoms with Crippen molar-refractivity contribution in [2.75, 3.05) is 6.54 Å². The van der Waals surface area contributed by atoms with E-state index in [4.69, 9.17) is 0 Å². The van der Waals surface area contributed by atoms with Gasteiger partial charge in [-0.05, 0) is 37.3 Å². The number of aromatic nitrogens is 1. The number of nitrogens with zero attached hydrogens (tertiary/aromatic N) is 1. The molecule has 1 aromatic heterocycles. The molecule has 1 saturated heterocycles. The summed E-state index contributed by atoms with van der Waals surface area (Å²) in [5, 5.41) is 0.928. The smallest absolute Gasteiger partial charge is 0.223 e. The van der Waals surface area contributed by atoms with Crippen molar-refractivity contribution < 1.29 is 9.59 Å². The Morgan fingerprint density at radius 3 is 2.57 bits per heavy atom. The van der Waals surface area contributed by atoms with E-state index in [1.807, 2.05) is 35.2 Å². The molecule has 1 N–H and O–H groups in total. The third-order valence-electron chi connectivity index (χ3n) is 5.92. The maximum atomic E-state index is 12.8. The summed E-state index contributed by atoms with van der Waals surface area (Å²) in [6, 6.07) is 18.5. The van der Waals surface area contributed by atoms with E-state index in [-0.39, 0.29) is 30.6 Å². The third kappa shape index (κ3) is 3.72. The van der Waals surface area contributed by atoms with Crippen LogP contribution in [0.5, 0.6) is 0 Å². The fourth-order valence-corrected chi connectivity index (χ4v) is 4.37. The predicted molar refractivity (Wildman–Crippen MR) is 111 cm³/mol. The molecule has 2 aromatic carbocycles. The van der Waals surface area contributed by atoms with Crippen LogP contribution >= 0.6 is 0 Å². The second-order valence-electron chi connectivity index (χ2n) is 7.74. The number of rotatable bonds is 5. The lowest BCUT2D eigenvalue weighted by Crippen LogP contribution is -2.44. The molecule has 3 aromatic rings. The number of carbonyl (C=O) groups excluding carboxylic acids is 2. The number of H-pyrrole nitrogens is 1.